The largest absolute Gasteiger partial charge is 0.351 e. The summed E-state index contributed by atoms with van der Waals surface area (Å²) in [5, 5.41) is 2.81. The first kappa shape index (κ1) is 14.6. The minimum atomic E-state index is -0.0633. The molecular weight excluding hydrogens is 268 g/mol. The van der Waals surface area contributed by atoms with Crippen LogP contribution in [-0.2, 0) is 5.75 Å². The van der Waals surface area contributed by atoms with E-state index in [9.17, 15) is 4.79 Å². The van der Waals surface area contributed by atoms with Crippen molar-refractivity contribution in [3.05, 3.63) is 65.7 Å². The molecular formula is C16H18N2OS. The summed E-state index contributed by atoms with van der Waals surface area (Å²) in [6.07, 6.45) is 0. The fourth-order valence-corrected chi connectivity index (χ4v) is 2.80. The average molecular weight is 286 g/mol. The second-order valence-corrected chi connectivity index (χ2v) is 5.33. The molecule has 4 heteroatoms. The Morgan fingerprint density at radius 2 is 1.75 bits per heavy atom. The first-order valence-corrected chi connectivity index (χ1v) is 7.54. The van der Waals surface area contributed by atoms with Gasteiger partial charge in [-0.1, -0.05) is 42.5 Å². The molecule has 3 N–H and O–H groups in total. The van der Waals surface area contributed by atoms with Gasteiger partial charge in [-0.3, -0.25) is 4.79 Å². The van der Waals surface area contributed by atoms with Crippen molar-refractivity contribution < 1.29 is 4.79 Å². The van der Waals surface area contributed by atoms with E-state index in [2.05, 4.69) is 17.4 Å². The molecule has 0 saturated heterocycles. The van der Waals surface area contributed by atoms with E-state index >= 15 is 0 Å². The molecule has 0 aromatic heterocycles. The molecule has 104 valence electrons. The highest BCUT2D eigenvalue weighted by molar-refractivity contribution is 7.98. The Kier molecular flexibility index (Phi) is 5.65. The number of amides is 1. The Bertz CT molecular complexity index is 557. The minimum absolute atomic E-state index is 0.0633. The second kappa shape index (κ2) is 7.72. The number of thioether (sulfide) groups is 1. The molecule has 0 bridgehead atoms. The SMILES string of the molecule is NCCNC(=O)c1ccccc1SCc1ccccc1. The van der Waals surface area contributed by atoms with E-state index in [0.717, 1.165) is 10.6 Å². The predicted molar refractivity (Wildman–Crippen MR) is 83.8 cm³/mol. The van der Waals surface area contributed by atoms with Crippen LogP contribution >= 0.6 is 11.8 Å². The van der Waals surface area contributed by atoms with Crippen LogP contribution in [0.3, 0.4) is 0 Å². The van der Waals surface area contributed by atoms with Gasteiger partial charge in [0.15, 0.2) is 0 Å². The van der Waals surface area contributed by atoms with Gasteiger partial charge in [0, 0.05) is 23.7 Å². The van der Waals surface area contributed by atoms with Gasteiger partial charge in [0.2, 0.25) is 0 Å². The number of carbonyl (C=O) groups is 1. The summed E-state index contributed by atoms with van der Waals surface area (Å²) < 4.78 is 0. The van der Waals surface area contributed by atoms with Crippen molar-refractivity contribution in [1.82, 2.24) is 5.32 Å². The van der Waals surface area contributed by atoms with Crippen molar-refractivity contribution in [2.45, 2.75) is 10.6 Å². The zero-order valence-electron chi connectivity index (χ0n) is 11.2. The fourth-order valence-electron chi connectivity index (χ4n) is 1.80. The van der Waals surface area contributed by atoms with E-state index in [1.165, 1.54) is 5.56 Å². The van der Waals surface area contributed by atoms with Gasteiger partial charge in [0.05, 0.1) is 5.56 Å². The van der Waals surface area contributed by atoms with E-state index < -0.39 is 0 Å². The van der Waals surface area contributed by atoms with Gasteiger partial charge in [-0.2, -0.15) is 0 Å². The van der Waals surface area contributed by atoms with E-state index in [1.54, 1.807) is 11.8 Å². The molecule has 0 aliphatic heterocycles. The maximum absolute atomic E-state index is 12.1. The lowest BCUT2D eigenvalue weighted by Crippen LogP contribution is -2.29. The molecule has 20 heavy (non-hydrogen) atoms. The molecule has 2 aromatic carbocycles. The summed E-state index contributed by atoms with van der Waals surface area (Å²) in [7, 11) is 0. The maximum atomic E-state index is 12.1. The summed E-state index contributed by atoms with van der Waals surface area (Å²) in [4.78, 5) is 13.0. The lowest BCUT2D eigenvalue weighted by molar-refractivity contribution is 0.0952. The average Bonchev–Trinajstić information content (AvgIpc) is 2.52. The Morgan fingerprint density at radius 1 is 1.05 bits per heavy atom. The molecule has 0 radical (unpaired) electrons. The summed E-state index contributed by atoms with van der Waals surface area (Å²) >= 11 is 1.67. The van der Waals surface area contributed by atoms with Gasteiger partial charge in [-0.25, -0.2) is 0 Å². The number of hydrogen-bond donors (Lipinski definition) is 2. The van der Waals surface area contributed by atoms with Crippen LogP contribution in [0.1, 0.15) is 15.9 Å². The van der Waals surface area contributed by atoms with Gasteiger partial charge < -0.3 is 11.1 Å². The highest BCUT2D eigenvalue weighted by atomic mass is 32.2. The third-order valence-corrected chi connectivity index (χ3v) is 3.94. The van der Waals surface area contributed by atoms with Crippen LogP contribution < -0.4 is 11.1 Å². The molecule has 0 heterocycles. The highest BCUT2D eigenvalue weighted by Crippen LogP contribution is 2.26. The lowest BCUT2D eigenvalue weighted by atomic mass is 10.2. The lowest BCUT2D eigenvalue weighted by Gasteiger charge is -2.09. The standard InChI is InChI=1S/C16H18N2OS/c17-10-11-18-16(19)14-8-4-5-9-15(14)20-12-13-6-2-1-3-7-13/h1-9H,10-12,17H2,(H,18,19). The van der Waals surface area contributed by atoms with Crippen molar-refractivity contribution in [2.24, 2.45) is 5.73 Å². The number of rotatable bonds is 6. The summed E-state index contributed by atoms with van der Waals surface area (Å²) in [5.74, 6) is 0.786. The Morgan fingerprint density at radius 3 is 2.50 bits per heavy atom. The monoisotopic (exact) mass is 286 g/mol. The Balaban J connectivity index is 2.06. The quantitative estimate of drug-likeness (QED) is 0.803. The normalized spacial score (nSPS) is 10.2. The zero-order valence-corrected chi connectivity index (χ0v) is 12.0. The smallest absolute Gasteiger partial charge is 0.252 e. The van der Waals surface area contributed by atoms with E-state index in [0.29, 0.717) is 18.7 Å². The molecule has 1 amide bonds. The van der Waals surface area contributed by atoms with Crippen molar-refractivity contribution >= 4 is 17.7 Å². The van der Waals surface area contributed by atoms with Crippen molar-refractivity contribution in [3.63, 3.8) is 0 Å². The third kappa shape index (κ3) is 4.11. The molecule has 0 spiro atoms. The van der Waals surface area contributed by atoms with Gasteiger partial charge in [0.1, 0.15) is 0 Å². The van der Waals surface area contributed by atoms with E-state index in [4.69, 9.17) is 5.73 Å². The molecule has 0 aliphatic rings. The molecule has 3 nitrogen and oxygen atoms in total. The van der Waals surface area contributed by atoms with Crippen LogP contribution in [0.4, 0.5) is 0 Å². The Hall–Kier alpha value is -1.78. The zero-order chi connectivity index (χ0) is 14.2. The van der Waals surface area contributed by atoms with Crippen molar-refractivity contribution in [3.8, 4) is 0 Å². The minimum Gasteiger partial charge on any atom is -0.351 e. The molecule has 0 aliphatic carbocycles. The van der Waals surface area contributed by atoms with Crippen LogP contribution in [-0.4, -0.2) is 19.0 Å². The number of carbonyl (C=O) groups excluding carboxylic acids is 1. The summed E-state index contributed by atoms with van der Waals surface area (Å²) in [6, 6.07) is 17.9. The van der Waals surface area contributed by atoms with Crippen LogP contribution in [0.2, 0.25) is 0 Å². The van der Waals surface area contributed by atoms with Crippen LogP contribution in [0.5, 0.6) is 0 Å². The molecule has 0 atom stereocenters. The predicted octanol–water partition coefficient (Wildman–Crippen LogP) is 2.67. The van der Waals surface area contributed by atoms with Crippen LogP contribution in [0.15, 0.2) is 59.5 Å². The van der Waals surface area contributed by atoms with Gasteiger partial charge in [-0.05, 0) is 17.7 Å². The third-order valence-electron chi connectivity index (χ3n) is 2.80. The summed E-state index contributed by atoms with van der Waals surface area (Å²) in [5.41, 5.74) is 7.36. The Labute approximate surface area is 123 Å². The number of hydrogen-bond acceptors (Lipinski definition) is 3. The van der Waals surface area contributed by atoms with Crippen molar-refractivity contribution in [2.75, 3.05) is 13.1 Å². The number of nitrogens with one attached hydrogen (secondary N) is 1. The molecule has 0 unspecified atom stereocenters. The molecule has 2 rings (SSSR count). The van der Waals surface area contributed by atoms with Gasteiger partial charge in [0.25, 0.3) is 5.91 Å². The van der Waals surface area contributed by atoms with Crippen LogP contribution in [0, 0.1) is 0 Å². The molecule has 0 saturated carbocycles. The molecule has 2 aromatic rings. The fraction of sp³-hybridized carbons (Fsp3) is 0.188. The van der Waals surface area contributed by atoms with Crippen LogP contribution in [0.25, 0.3) is 0 Å². The number of nitrogens with two attached hydrogens (primary N) is 1. The second-order valence-electron chi connectivity index (χ2n) is 4.32. The topological polar surface area (TPSA) is 55.1 Å². The van der Waals surface area contributed by atoms with Gasteiger partial charge >= 0.3 is 0 Å². The van der Waals surface area contributed by atoms with Crippen molar-refractivity contribution in [1.29, 1.82) is 0 Å². The first-order valence-electron chi connectivity index (χ1n) is 6.55. The van der Waals surface area contributed by atoms with E-state index in [1.807, 2.05) is 42.5 Å². The number of benzene rings is 2. The maximum Gasteiger partial charge on any atom is 0.252 e. The molecule has 0 fully saturated rings. The summed E-state index contributed by atoms with van der Waals surface area (Å²) in [6.45, 7) is 0.946. The highest BCUT2D eigenvalue weighted by Gasteiger charge is 2.10. The van der Waals surface area contributed by atoms with E-state index in [-0.39, 0.29) is 5.91 Å². The van der Waals surface area contributed by atoms with Gasteiger partial charge in [-0.15, -0.1) is 11.8 Å². The first-order chi connectivity index (χ1) is 9.81.